The minimum absolute atomic E-state index is 0.0421. The van der Waals surface area contributed by atoms with Gasteiger partial charge in [0.15, 0.2) is 6.10 Å². The number of rotatable bonds is 7. The lowest BCUT2D eigenvalue weighted by Gasteiger charge is -2.33. The summed E-state index contributed by atoms with van der Waals surface area (Å²) in [6.45, 7) is 0.428. The van der Waals surface area contributed by atoms with Crippen molar-refractivity contribution >= 4 is 45.0 Å². The molecule has 1 amide bonds. The number of para-hydroxylation sites is 2. The Hall–Kier alpha value is -1.90. The van der Waals surface area contributed by atoms with Gasteiger partial charge in [-0.3, -0.25) is 9.10 Å². The number of benzene rings is 2. The monoisotopic (exact) mass is 440 g/mol. The van der Waals surface area contributed by atoms with Crippen molar-refractivity contribution in [3.05, 3.63) is 59.1 Å². The van der Waals surface area contributed by atoms with Crippen LogP contribution in [0.15, 0.2) is 48.5 Å². The highest BCUT2D eigenvalue weighted by Gasteiger charge is 2.34. The standard InChI is InChI=1S/C19H21ClN2O4S2/c1-28(24,25)22-12-18(26-17-5-3-2-4-16(17)22)19(23)21-10-11-27-13-14-6-8-15(20)9-7-14/h2-9,18H,10-13H2,1H3,(H,21,23)/t18-/m0/s1. The molecule has 0 saturated heterocycles. The van der Waals surface area contributed by atoms with Crippen molar-refractivity contribution in [1.29, 1.82) is 0 Å². The van der Waals surface area contributed by atoms with Crippen LogP contribution < -0.4 is 14.4 Å². The Morgan fingerprint density at radius 2 is 1.96 bits per heavy atom. The average molecular weight is 441 g/mol. The molecule has 2 aromatic rings. The molecule has 0 unspecified atom stereocenters. The van der Waals surface area contributed by atoms with Gasteiger partial charge in [0.05, 0.1) is 18.5 Å². The fourth-order valence-corrected chi connectivity index (χ4v) is 4.64. The van der Waals surface area contributed by atoms with Crippen molar-refractivity contribution in [3.8, 4) is 5.75 Å². The Kier molecular flexibility index (Phi) is 6.74. The van der Waals surface area contributed by atoms with Crippen LogP contribution >= 0.6 is 23.4 Å². The molecule has 0 saturated carbocycles. The number of nitrogens with one attached hydrogen (secondary N) is 1. The Balaban J connectivity index is 1.51. The molecular weight excluding hydrogens is 420 g/mol. The fraction of sp³-hybridized carbons (Fsp3) is 0.316. The van der Waals surface area contributed by atoms with E-state index in [0.717, 1.165) is 23.3 Å². The van der Waals surface area contributed by atoms with Gasteiger partial charge in [0.25, 0.3) is 5.91 Å². The van der Waals surface area contributed by atoms with E-state index in [2.05, 4.69) is 5.32 Å². The average Bonchev–Trinajstić information content (AvgIpc) is 2.67. The van der Waals surface area contributed by atoms with Gasteiger partial charge in [0, 0.05) is 23.1 Å². The molecule has 6 nitrogen and oxygen atoms in total. The Morgan fingerprint density at radius 3 is 2.68 bits per heavy atom. The number of halogens is 1. The second kappa shape index (κ2) is 9.07. The number of amides is 1. The molecule has 9 heteroatoms. The number of sulfonamides is 1. The normalized spacial score (nSPS) is 16.2. The summed E-state index contributed by atoms with van der Waals surface area (Å²) in [7, 11) is -3.51. The van der Waals surface area contributed by atoms with E-state index in [9.17, 15) is 13.2 Å². The van der Waals surface area contributed by atoms with Crippen LogP contribution in [-0.4, -0.2) is 45.5 Å². The fourth-order valence-electron chi connectivity index (χ4n) is 2.78. The molecule has 3 rings (SSSR count). The number of thioether (sulfide) groups is 1. The van der Waals surface area contributed by atoms with Crippen molar-refractivity contribution in [2.24, 2.45) is 0 Å². The SMILES string of the molecule is CS(=O)(=O)N1C[C@@H](C(=O)NCCSCc2ccc(Cl)cc2)Oc2ccccc21. The van der Waals surface area contributed by atoms with Crippen LogP contribution in [0.2, 0.25) is 5.02 Å². The number of anilines is 1. The molecule has 0 spiro atoms. The minimum Gasteiger partial charge on any atom is -0.476 e. The Labute approximate surface area is 174 Å². The molecule has 2 aromatic carbocycles. The lowest BCUT2D eigenvalue weighted by Crippen LogP contribution is -2.50. The summed E-state index contributed by atoms with van der Waals surface area (Å²) in [5, 5.41) is 3.53. The third kappa shape index (κ3) is 5.33. The molecule has 1 aliphatic rings. The third-order valence-electron chi connectivity index (χ3n) is 4.16. The predicted molar refractivity (Wildman–Crippen MR) is 114 cm³/mol. The lowest BCUT2D eigenvalue weighted by molar-refractivity contribution is -0.127. The van der Waals surface area contributed by atoms with Crippen LogP contribution in [0.4, 0.5) is 5.69 Å². The summed E-state index contributed by atoms with van der Waals surface area (Å²) in [5.74, 6) is 1.61. The lowest BCUT2D eigenvalue weighted by atomic mass is 10.2. The molecule has 0 aromatic heterocycles. The van der Waals surface area contributed by atoms with Gasteiger partial charge < -0.3 is 10.1 Å². The van der Waals surface area contributed by atoms with Crippen LogP contribution in [0, 0.1) is 0 Å². The van der Waals surface area contributed by atoms with Gasteiger partial charge >= 0.3 is 0 Å². The first-order valence-electron chi connectivity index (χ1n) is 8.68. The van der Waals surface area contributed by atoms with E-state index >= 15 is 0 Å². The van der Waals surface area contributed by atoms with Gasteiger partial charge in [-0.2, -0.15) is 11.8 Å². The number of hydrogen-bond donors (Lipinski definition) is 1. The molecule has 28 heavy (non-hydrogen) atoms. The summed E-state index contributed by atoms with van der Waals surface area (Å²) < 4.78 is 31.1. The second-order valence-corrected chi connectivity index (χ2v) is 9.79. The Bertz CT molecular complexity index is 935. The Morgan fingerprint density at radius 1 is 1.25 bits per heavy atom. The highest BCUT2D eigenvalue weighted by molar-refractivity contribution is 7.98. The van der Waals surface area contributed by atoms with Crippen LogP contribution in [0.25, 0.3) is 0 Å². The molecule has 1 N–H and O–H groups in total. The molecule has 1 aliphatic heterocycles. The van der Waals surface area contributed by atoms with Gasteiger partial charge in [-0.15, -0.1) is 0 Å². The van der Waals surface area contributed by atoms with E-state index < -0.39 is 16.1 Å². The zero-order valence-corrected chi connectivity index (χ0v) is 17.7. The maximum absolute atomic E-state index is 12.5. The van der Waals surface area contributed by atoms with Crippen molar-refractivity contribution in [3.63, 3.8) is 0 Å². The van der Waals surface area contributed by atoms with Crippen LogP contribution in [0.3, 0.4) is 0 Å². The molecule has 150 valence electrons. The summed E-state index contributed by atoms with van der Waals surface area (Å²) >= 11 is 7.56. The molecule has 0 bridgehead atoms. The molecule has 0 aliphatic carbocycles. The molecule has 0 radical (unpaired) electrons. The van der Waals surface area contributed by atoms with Gasteiger partial charge in [0.1, 0.15) is 5.75 Å². The first kappa shape index (κ1) is 20.8. The maximum Gasteiger partial charge on any atom is 0.263 e. The molecule has 1 atom stereocenters. The van der Waals surface area contributed by atoms with E-state index in [4.69, 9.17) is 16.3 Å². The number of fused-ring (bicyclic) bond motifs is 1. The van der Waals surface area contributed by atoms with Gasteiger partial charge in [-0.1, -0.05) is 35.9 Å². The number of carbonyl (C=O) groups is 1. The summed E-state index contributed by atoms with van der Waals surface area (Å²) in [5.41, 5.74) is 1.62. The number of hydrogen-bond acceptors (Lipinski definition) is 5. The topological polar surface area (TPSA) is 75.7 Å². The van der Waals surface area contributed by atoms with Crippen molar-refractivity contribution in [2.45, 2.75) is 11.9 Å². The first-order chi connectivity index (χ1) is 13.3. The van der Waals surface area contributed by atoms with E-state index in [1.807, 2.05) is 24.3 Å². The maximum atomic E-state index is 12.5. The number of carbonyl (C=O) groups excluding carboxylic acids is 1. The second-order valence-electron chi connectivity index (χ2n) is 6.34. The van der Waals surface area contributed by atoms with E-state index in [0.29, 0.717) is 23.0 Å². The quantitative estimate of drug-likeness (QED) is 0.670. The largest absolute Gasteiger partial charge is 0.476 e. The van der Waals surface area contributed by atoms with Gasteiger partial charge in [0.2, 0.25) is 10.0 Å². The molecule has 1 heterocycles. The minimum atomic E-state index is -3.51. The van der Waals surface area contributed by atoms with E-state index in [-0.39, 0.29) is 12.5 Å². The third-order valence-corrected chi connectivity index (χ3v) is 6.58. The number of nitrogens with zero attached hydrogens (tertiary/aromatic N) is 1. The smallest absolute Gasteiger partial charge is 0.263 e. The van der Waals surface area contributed by atoms with Crippen molar-refractivity contribution in [2.75, 3.05) is 29.4 Å². The predicted octanol–water partition coefficient (Wildman–Crippen LogP) is 2.92. The highest BCUT2D eigenvalue weighted by atomic mass is 35.5. The summed E-state index contributed by atoms with van der Waals surface area (Å²) in [6, 6.07) is 14.5. The van der Waals surface area contributed by atoms with Crippen LogP contribution in [0.1, 0.15) is 5.56 Å². The van der Waals surface area contributed by atoms with E-state index in [1.165, 1.54) is 4.31 Å². The zero-order valence-electron chi connectivity index (χ0n) is 15.3. The van der Waals surface area contributed by atoms with Gasteiger partial charge in [-0.25, -0.2) is 8.42 Å². The zero-order chi connectivity index (χ0) is 20.1. The summed E-state index contributed by atoms with van der Waals surface area (Å²) in [4.78, 5) is 12.5. The van der Waals surface area contributed by atoms with E-state index in [1.54, 1.807) is 36.0 Å². The van der Waals surface area contributed by atoms with Crippen LogP contribution in [0.5, 0.6) is 5.75 Å². The van der Waals surface area contributed by atoms with Crippen molar-refractivity contribution in [1.82, 2.24) is 5.32 Å². The van der Waals surface area contributed by atoms with Crippen molar-refractivity contribution < 1.29 is 17.9 Å². The number of ether oxygens (including phenoxy) is 1. The highest BCUT2D eigenvalue weighted by Crippen LogP contribution is 2.34. The molecule has 0 fully saturated rings. The first-order valence-corrected chi connectivity index (χ1v) is 12.1. The molecular formula is C19H21ClN2O4S2. The van der Waals surface area contributed by atoms with Crippen LogP contribution in [-0.2, 0) is 20.6 Å². The summed E-state index contributed by atoms with van der Waals surface area (Å²) in [6.07, 6.45) is 0.239. The van der Waals surface area contributed by atoms with Gasteiger partial charge in [-0.05, 0) is 29.8 Å².